The van der Waals surface area contributed by atoms with E-state index in [0.717, 1.165) is 43.7 Å². The zero-order valence-corrected chi connectivity index (χ0v) is 14.9. The van der Waals surface area contributed by atoms with Crippen LogP contribution in [0.15, 0.2) is 0 Å². The number of carbonyl (C=O) groups is 1. The Balaban J connectivity index is 1.38. The lowest BCUT2D eigenvalue weighted by Crippen LogP contribution is -2.48. The fourth-order valence-corrected chi connectivity index (χ4v) is 6.74. The highest BCUT2D eigenvalue weighted by Gasteiger charge is 2.52. The first-order chi connectivity index (χ1) is 10.9. The summed E-state index contributed by atoms with van der Waals surface area (Å²) in [6, 6.07) is 0. The van der Waals surface area contributed by atoms with E-state index in [2.05, 4.69) is 19.2 Å². The molecule has 130 valence electrons. The monoisotopic (exact) mass is 319 g/mol. The van der Waals surface area contributed by atoms with Gasteiger partial charge in [0.25, 0.3) is 0 Å². The van der Waals surface area contributed by atoms with Gasteiger partial charge in [0, 0.05) is 5.92 Å². The van der Waals surface area contributed by atoms with Crippen molar-refractivity contribution < 1.29 is 9.53 Å². The molecular weight excluding hydrogens is 286 g/mol. The van der Waals surface area contributed by atoms with Crippen LogP contribution in [-0.2, 0) is 9.53 Å². The van der Waals surface area contributed by atoms with E-state index in [1.807, 2.05) is 0 Å². The van der Waals surface area contributed by atoms with Crippen molar-refractivity contribution in [1.29, 1.82) is 0 Å². The van der Waals surface area contributed by atoms with E-state index in [1.165, 1.54) is 38.5 Å². The fourth-order valence-electron chi connectivity index (χ4n) is 6.74. The Bertz CT molecular complexity index is 429. The third-order valence-electron chi connectivity index (χ3n) is 7.38. The van der Waals surface area contributed by atoms with Crippen LogP contribution >= 0.6 is 0 Å². The van der Waals surface area contributed by atoms with Crippen molar-refractivity contribution >= 4 is 5.97 Å². The van der Waals surface area contributed by atoms with E-state index in [-0.39, 0.29) is 11.6 Å². The Morgan fingerprint density at radius 3 is 2.09 bits per heavy atom. The van der Waals surface area contributed by atoms with Gasteiger partial charge >= 0.3 is 5.97 Å². The second kappa shape index (κ2) is 5.75. The molecule has 3 heteroatoms. The molecule has 0 aromatic heterocycles. The van der Waals surface area contributed by atoms with Crippen LogP contribution in [0.25, 0.3) is 0 Å². The van der Waals surface area contributed by atoms with Gasteiger partial charge in [-0.05, 0) is 101 Å². The van der Waals surface area contributed by atoms with Crippen molar-refractivity contribution in [3.63, 3.8) is 0 Å². The van der Waals surface area contributed by atoms with Gasteiger partial charge in [-0.3, -0.25) is 4.79 Å². The average Bonchev–Trinajstić information content (AvgIpc) is 2.45. The Labute approximate surface area is 140 Å². The van der Waals surface area contributed by atoms with E-state index < -0.39 is 0 Å². The van der Waals surface area contributed by atoms with Crippen molar-refractivity contribution in [1.82, 2.24) is 5.32 Å². The summed E-state index contributed by atoms with van der Waals surface area (Å²) in [5, 5.41) is 3.40. The molecule has 1 N–H and O–H groups in total. The Morgan fingerprint density at radius 1 is 1.04 bits per heavy atom. The highest BCUT2D eigenvalue weighted by atomic mass is 16.6. The topological polar surface area (TPSA) is 38.3 Å². The number of esters is 1. The smallest absolute Gasteiger partial charge is 0.306 e. The minimum absolute atomic E-state index is 0.0792. The van der Waals surface area contributed by atoms with Crippen LogP contribution < -0.4 is 5.32 Å². The van der Waals surface area contributed by atoms with Gasteiger partial charge in [0.15, 0.2) is 0 Å². The number of piperidine rings is 1. The maximum atomic E-state index is 12.7. The van der Waals surface area contributed by atoms with Crippen LogP contribution in [0.3, 0.4) is 0 Å². The maximum absolute atomic E-state index is 12.7. The first-order valence-electron chi connectivity index (χ1n) is 9.87. The van der Waals surface area contributed by atoms with Gasteiger partial charge in [-0.15, -0.1) is 0 Å². The molecule has 5 rings (SSSR count). The highest BCUT2D eigenvalue weighted by molar-refractivity contribution is 5.71. The van der Waals surface area contributed by atoms with Crippen molar-refractivity contribution in [2.24, 2.45) is 29.1 Å². The summed E-state index contributed by atoms with van der Waals surface area (Å²) in [6.45, 7) is 6.36. The van der Waals surface area contributed by atoms with Crippen LogP contribution in [0.1, 0.15) is 71.6 Å². The van der Waals surface area contributed by atoms with E-state index in [1.54, 1.807) is 0 Å². The number of rotatable bonds is 4. The molecule has 5 fully saturated rings. The third-order valence-corrected chi connectivity index (χ3v) is 7.38. The normalized spacial score (nSPS) is 40.3. The molecule has 4 bridgehead atoms. The predicted octanol–water partition coefficient (Wildman–Crippen LogP) is 3.91. The number of nitrogens with one attached hydrogen (secondary N) is 1. The molecule has 3 nitrogen and oxygen atoms in total. The molecule has 0 amide bonds. The minimum Gasteiger partial charge on any atom is -0.459 e. The molecule has 5 aliphatic rings. The number of hydrogen-bond acceptors (Lipinski definition) is 3. The van der Waals surface area contributed by atoms with Crippen molar-refractivity contribution in [3.8, 4) is 0 Å². The summed E-state index contributed by atoms with van der Waals surface area (Å²) in [7, 11) is 0. The van der Waals surface area contributed by atoms with Gasteiger partial charge in [-0.2, -0.15) is 0 Å². The van der Waals surface area contributed by atoms with E-state index in [0.29, 0.717) is 17.8 Å². The van der Waals surface area contributed by atoms with Gasteiger partial charge in [0.1, 0.15) is 5.60 Å². The van der Waals surface area contributed by atoms with Crippen LogP contribution in [0.2, 0.25) is 0 Å². The molecule has 1 aliphatic heterocycles. The van der Waals surface area contributed by atoms with Crippen molar-refractivity contribution in [3.05, 3.63) is 0 Å². The van der Waals surface area contributed by atoms with E-state index in [4.69, 9.17) is 4.74 Å². The summed E-state index contributed by atoms with van der Waals surface area (Å²) in [5.74, 6) is 3.31. The summed E-state index contributed by atoms with van der Waals surface area (Å²) in [5.41, 5.74) is -0.00247. The van der Waals surface area contributed by atoms with Gasteiger partial charge in [0.05, 0.1) is 6.42 Å². The van der Waals surface area contributed by atoms with Crippen molar-refractivity contribution in [2.75, 3.05) is 13.1 Å². The minimum atomic E-state index is -0.304. The molecule has 23 heavy (non-hydrogen) atoms. The average molecular weight is 319 g/mol. The number of carbonyl (C=O) groups excluding carboxylic acids is 1. The largest absolute Gasteiger partial charge is 0.459 e. The molecule has 0 unspecified atom stereocenters. The van der Waals surface area contributed by atoms with E-state index in [9.17, 15) is 4.79 Å². The molecular formula is C20H33NO2. The van der Waals surface area contributed by atoms with E-state index >= 15 is 0 Å². The van der Waals surface area contributed by atoms with Crippen LogP contribution in [0.5, 0.6) is 0 Å². The van der Waals surface area contributed by atoms with Crippen molar-refractivity contribution in [2.45, 2.75) is 77.2 Å². The predicted molar refractivity (Wildman–Crippen MR) is 91.0 cm³/mol. The Hall–Kier alpha value is -0.570. The molecule has 1 saturated heterocycles. The Morgan fingerprint density at radius 2 is 1.57 bits per heavy atom. The molecule has 4 saturated carbocycles. The fraction of sp³-hybridized carbons (Fsp3) is 0.950. The Kier molecular flexibility index (Phi) is 3.98. The second-order valence-corrected chi connectivity index (χ2v) is 9.70. The zero-order chi connectivity index (χ0) is 16.1. The molecule has 0 aromatic rings. The molecule has 0 radical (unpaired) electrons. The van der Waals surface area contributed by atoms with Gasteiger partial charge in [-0.1, -0.05) is 0 Å². The lowest BCUT2D eigenvalue weighted by Gasteiger charge is -2.56. The summed E-state index contributed by atoms with van der Waals surface area (Å²) < 4.78 is 6.05. The lowest BCUT2D eigenvalue weighted by atomic mass is 9.49. The molecule has 1 heterocycles. The summed E-state index contributed by atoms with van der Waals surface area (Å²) in [6.07, 6.45) is 11.1. The van der Waals surface area contributed by atoms with Gasteiger partial charge < -0.3 is 10.1 Å². The summed E-state index contributed by atoms with van der Waals surface area (Å²) in [4.78, 5) is 12.7. The molecule has 0 atom stereocenters. The zero-order valence-electron chi connectivity index (χ0n) is 14.9. The quantitative estimate of drug-likeness (QED) is 0.798. The maximum Gasteiger partial charge on any atom is 0.306 e. The standard InChI is InChI=1S/C20H33NO2/c1-19(2,17-3-5-21-6-4-17)23-18(22)13-20-10-14-7-15(11-20)9-16(8-14)12-20/h14-17,21H,3-13H2,1-2H3. The summed E-state index contributed by atoms with van der Waals surface area (Å²) >= 11 is 0. The lowest BCUT2D eigenvalue weighted by molar-refractivity contribution is -0.170. The number of hydrogen-bond donors (Lipinski definition) is 1. The van der Waals surface area contributed by atoms with Gasteiger partial charge in [0.2, 0.25) is 0 Å². The number of ether oxygens (including phenoxy) is 1. The second-order valence-electron chi connectivity index (χ2n) is 9.70. The first-order valence-corrected chi connectivity index (χ1v) is 9.87. The van der Waals surface area contributed by atoms with Crippen LogP contribution in [-0.4, -0.2) is 24.7 Å². The van der Waals surface area contributed by atoms with Gasteiger partial charge in [-0.25, -0.2) is 0 Å². The highest BCUT2D eigenvalue weighted by Crippen LogP contribution is 2.61. The molecule has 4 aliphatic carbocycles. The first kappa shape index (κ1) is 15.9. The SMILES string of the molecule is CC(C)(OC(=O)CC12CC3CC(CC(C3)C1)C2)C1CCNCC1. The van der Waals surface area contributed by atoms with Crippen LogP contribution in [0, 0.1) is 29.1 Å². The molecule has 0 aromatic carbocycles. The third kappa shape index (κ3) is 3.18. The van der Waals surface area contributed by atoms with Crippen LogP contribution in [0.4, 0.5) is 0 Å². The molecule has 0 spiro atoms.